The zero-order chi connectivity index (χ0) is 34.1. The Morgan fingerprint density at radius 2 is 1.74 bits per heavy atom. The van der Waals surface area contributed by atoms with Crippen LogP contribution in [0.3, 0.4) is 0 Å². The fourth-order valence-corrected chi connectivity index (χ4v) is 5.73. The maximum atomic E-state index is 14.0. The fraction of sp³-hybridized carbons (Fsp3) is 0.429. The van der Waals surface area contributed by atoms with Crippen LogP contribution < -0.4 is 15.8 Å². The summed E-state index contributed by atoms with van der Waals surface area (Å²) in [6.07, 6.45) is 3.66. The van der Waals surface area contributed by atoms with Crippen molar-refractivity contribution in [3.63, 3.8) is 0 Å². The Bertz CT molecular complexity index is 1490. The molecule has 46 heavy (non-hydrogen) atoms. The Hall–Kier alpha value is -4.32. The van der Waals surface area contributed by atoms with Gasteiger partial charge in [-0.1, -0.05) is 56.4 Å². The van der Waals surface area contributed by atoms with E-state index in [-0.39, 0.29) is 34.8 Å². The first kappa shape index (κ1) is 36.2. The molecule has 2 bridgehead atoms. The number of para-hydroxylation sites is 1. The van der Waals surface area contributed by atoms with Crippen LogP contribution in [0.5, 0.6) is 5.75 Å². The number of aliphatic hydroxyl groups excluding tert-OH is 1. The number of nitrogens with one attached hydrogen (secondary N) is 1. The average molecular weight is 637 g/mol. The molecule has 11 heteroatoms. The van der Waals surface area contributed by atoms with Crippen molar-refractivity contribution >= 4 is 29.1 Å². The van der Waals surface area contributed by atoms with Crippen LogP contribution in [0.2, 0.25) is 0 Å². The van der Waals surface area contributed by atoms with Gasteiger partial charge < -0.3 is 35.1 Å². The number of hydrogen-bond donors (Lipinski definition) is 3. The van der Waals surface area contributed by atoms with Gasteiger partial charge in [-0.2, -0.15) is 0 Å². The van der Waals surface area contributed by atoms with Crippen LogP contribution in [-0.4, -0.2) is 74.4 Å². The molecule has 3 rings (SSSR count). The maximum Gasteiger partial charge on any atom is 0.405 e. The number of Topliss-reactive ketones (excluding diaryl/α,β-unsaturated/α-hetero) is 1. The van der Waals surface area contributed by atoms with E-state index in [1.165, 1.54) is 27.4 Å². The Kier molecular flexibility index (Phi) is 12.8. The molecule has 1 aliphatic heterocycles. The van der Waals surface area contributed by atoms with Crippen LogP contribution in [0, 0.1) is 11.8 Å². The summed E-state index contributed by atoms with van der Waals surface area (Å²) in [5, 5.41) is 14.0. The third kappa shape index (κ3) is 8.68. The predicted molar refractivity (Wildman–Crippen MR) is 172 cm³/mol. The van der Waals surface area contributed by atoms with Gasteiger partial charge in [0.15, 0.2) is 11.9 Å². The lowest BCUT2D eigenvalue weighted by Crippen LogP contribution is -2.37. The van der Waals surface area contributed by atoms with E-state index in [1.54, 1.807) is 63.3 Å². The summed E-state index contributed by atoms with van der Waals surface area (Å²) in [6.45, 7) is 6.99. The molecule has 0 fully saturated rings. The average Bonchev–Trinajstić information content (AvgIpc) is 3.02. The number of ketones is 2. The van der Waals surface area contributed by atoms with Crippen LogP contribution >= 0.6 is 0 Å². The topological polar surface area (TPSA) is 163 Å². The van der Waals surface area contributed by atoms with Gasteiger partial charge >= 0.3 is 6.09 Å². The van der Waals surface area contributed by atoms with Gasteiger partial charge in [-0.05, 0) is 44.2 Å². The van der Waals surface area contributed by atoms with Crippen molar-refractivity contribution in [1.29, 1.82) is 0 Å². The maximum absolute atomic E-state index is 14.0. The smallest absolute Gasteiger partial charge is 0.405 e. The molecule has 2 aliphatic rings. The van der Waals surface area contributed by atoms with Crippen molar-refractivity contribution in [3.8, 4) is 5.75 Å². The van der Waals surface area contributed by atoms with E-state index in [9.17, 15) is 24.3 Å². The fourth-order valence-electron chi connectivity index (χ4n) is 5.73. The first-order chi connectivity index (χ1) is 21.8. The summed E-state index contributed by atoms with van der Waals surface area (Å²) in [5.74, 6) is -1.81. The highest BCUT2D eigenvalue weighted by molar-refractivity contribution is 6.38. The number of carbonyl (C=O) groups is 4. The molecule has 4 N–H and O–H groups in total. The van der Waals surface area contributed by atoms with Crippen molar-refractivity contribution in [1.82, 2.24) is 5.32 Å². The largest absolute Gasteiger partial charge is 0.496 e. The number of ether oxygens (including phenoxy) is 4. The van der Waals surface area contributed by atoms with Crippen molar-refractivity contribution in [2.75, 3.05) is 21.3 Å². The molecule has 248 valence electrons. The summed E-state index contributed by atoms with van der Waals surface area (Å²) < 4.78 is 22.2. The first-order valence-corrected chi connectivity index (χ1v) is 15.0. The molecule has 0 saturated carbocycles. The normalized spacial score (nSPS) is 29.9. The number of nitrogens with two attached hydrogens (primary N) is 1. The van der Waals surface area contributed by atoms with Gasteiger partial charge in [0.25, 0.3) is 5.91 Å². The highest BCUT2D eigenvalue weighted by atomic mass is 16.6. The van der Waals surface area contributed by atoms with E-state index in [4.69, 9.17) is 24.7 Å². The van der Waals surface area contributed by atoms with Crippen LogP contribution in [0.4, 0.5) is 4.79 Å². The Morgan fingerprint density at radius 1 is 1.04 bits per heavy atom. The molecule has 11 nitrogen and oxygen atoms in total. The van der Waals surface area contributed by atoms with E-state index >= 15 is 0 Å². The minimum Gasteiger partial charge on any atom is -0.496 e. The second-order valence-electron chi connectivity index (χ2n) is 11.6. The lowest BCUT2D eigenvalue weighted by atomic mass is 9.81. The minimum atomic E-state index is -1.00. The SMILES string of the molecule is COc1ccccc1C1=C2C[C@@H](C)C[C@H](OC)[C@H](O)[C@@H](C)/C=C(\C)[C@@H](OC(N)=O)[C@@H](OC)/C=C\C=C(/C)C(=O)NC(=CC1=O)C2=O. The summed E-state index contributed by atoms with van der Waals surface area (Å²) in [7, 11) is 4.41. The molecule has 0 aromatic heterocycles. The molecular weight excluding hydrogens is 592 g/mol. The molecule has 2 amide bonds. The highest BCUT2D eigenvalue weighted by Crippen LogP contribution is 2.36. The summed E-state index contributed by atoms with van der Waals surface area (Å²) in [6, 6.07) is 6.93. The summed E-state index contributed by atoms with van der Waals surface area (Å²) in [4.78, 5) is 52.6. The second-order valence-corrected chi connectivity index (χ2v) is 11.6. The molecular formula is C35H44N2O9. The van der Waals surface area contributed by atoms with Crippen LogP contribution in [-0.2, 0) is 28.6 Å². The Morgan fingerprint density at radius 3 is 2.37 bits per heavy atom. The first-order valence-electron chi connectivity index (χ1n) is 15.0. The number of primary amides is 1. The van der Waals surface area contributed by atoms with Gasteiger partial charge in [0, 0.05) is 48.5 Å². The number of amides is 2. The van der Waals surface area contributed by atoms with Crippen molar-refractivity contribution in [3.05, 3.63) is 82.6 Å². The molecule has 1 aromatic carbocycles. The molecule has 0 spiro atoms. The molecule has 1 heterocycles. The Labute approximate surface area is 269 Å². The van der Waals surface area contributed by atoms with Gasteiger partial charge in [0.1, 0.15) is 11.9 Å². The number of fused-ring (bicyclic) bond motifs is 2. The van der Waals surface area contributed by atoms with Crippen LogP contribution in [0.1, 0.15) is 46.1 Å². The van der Waals surface area contributed by atoms with E-state index in [0.717, 1.165) is 6.08 Å². The zero-order valence-electron chi connectivity index (χ0n) is 27.4. The lowest BCUT2D eigenvalue weighted by molar-refractivity contribution is -0.119. The molecule has 1 aliphatic carbocycles. The predicted octanol–water partition coefficient (Wildman–Crippen LogP) is 3.97. The van der Waals surface area contributed by atoms with Crippen molar-refractivity contribution < 1.29 is 43.2 Å². The third-order valence-corrected chi connectivity index (χ3v) is 8.17. The van der Waals surface area contributed by atoms with Crippen molar-refractivity contribution in [2.24, 2.45) is 17.6 Å². The molecule has 6 atom stereocenters. The molecule has 0 unspecified atom stereocenters. The molecule has 1 aromatic rings. The van der Waals surface area contributed by atoms with E-state index < -0.39 is 53.9 Å². The monoisotopic (exact) mass is 636 g/mol. The number of rotatable bonds is 5. The number of allylic oxidation sites excluding steroid dienone is 5. The number of methoxy groups -OCH3 is 3. The lowest BCUT2D eigenvalue weighted by Gasteiger charge is -2.30. The number of benzene rings is 1. The second kappa shape index (κ2) is 16.3. The minimum absolute atomic E-state index is 0.146. The zero-order valence-corrected chi connectivity index (χ0v) is 27.4. The van der Waals surface area contributed by atoms with Gasteiger partial charge in [-0.25, -0.2) is 4.79 Å². The quantitative estimate of drug-likeness (QED) is 0.321. The number of aliphatic hydroxyl groups is 1. The van der Waals surface area contributed by atoms with E-state index in [2.05, 4.69) is 5.32 Å². The van der Waals surface area contributed by atoms with E-state index in [0.29, 0.717) is 23.3 Å². The van der Waals surface area contributed by atoms with Crippen molar-refractivity contribution in [2.45, 2.75) is 65.0 Å². The van der Waals surface area contributed by atoms with Gasteiger partial charge in [-0.15, -0.1) is 0 Å². The summed E-state index contributed by atoms with van der Waals surface area (Å²) >= 11 is 0. The molecule has 0 radical (unpaired) electrons. The Balaban J connectivity index is 2.16. The highest BCUT2D eigenvalue weighted by Gasteiger charge is 2.34. The van der Waals surface area contributed by atoms with Crippen LogP contribution in [0.15, 0.2) is 77.1 Å². The summed E-state index contributed by atoms with van der Waals surface area (Å²) in [5.41, 5.74) is 6.92. The third-order valence-electron chi connectivity index (χ3n) is 8.17. The van der Waals surface area contributed by atoms with Gasteiger partial charge in [-0.3, -0.25) is 14.4 Å². The van der Waals surface area contributed by atoms with E-state index in [1.807, 2.05) is 6.92 Å². The van der Waals surface area contributed by atoms with Crippen LogP contribution in [0.25, 0.3) is 5.57 Å². The molecule has 0 saturated heterocycles. The van der Waals surface area contributed by atoms with Gasteiger partial charge in [0.2, 0.25) is 5.78 Å². The van der Waals surface area contributed by atoms with Gasteiger partial charge in [0.05, 0.1) is 25.0 Å². The number of carbonyl (C=O) groups excluding carboxylic acids is 4. The standard InChI is InChI=1S/C35H44N2O9/c1-19-15-24-30(23-12-8-9-13-27(23)43-5)26(38)18-25(32(24)40)37-34(41)20(2)11-10-14-28(44-6)33(46-35(36)42)22(4)17-21(3)31(39)29(16-19)45-7/h8-14,17-19,21,28-29,31,33,39H,15-16H2,1-7H3,(H2,36,42)(H,37,41)/b14-10-,20-11+,22-17+/t19-,21+,28+,29+,31-,33-/m1/s1. The number of hydrogen-bond acceptors (Lipinski definition) is 9.